The molecule has 112 valence electrons. The van der Waals surface area contributed by atoms with Crippen LogP contribution in [0.1, 0.15) is 10.4 Å². The number of carbonyl (C=O) groups is 2. The molecule has 0 unspecified atom stereocenters. The standard InChI is InChI=1S/C13H12O8/c14-6-13(19,10-8(15)9(16)12(18)20-10)21-11(17)7-4-2-1-3-5-7/h1-5,10,14-16,19H,6H2/t10-,13+/m0/s1. The van der Waals surface area contributed by atoms with E-state index in [1.807, 2.05) is 0 Å². The quantitative estimate of drug-likeness (QED) is 0.442. The van der Waals surface area contributed by atoms with Gasteiger partial charge >= 0.3 is 11.9 Å². The molecule has 2 atom stereocenters. The van der Waals surface area contributed by atoms with E-state index >= 15 is 0 Å². The Bertz CT molecular complexity index is 593. The zero-order chi connectivity index (χ0) is 15.6. The Labute approximate surface area is 118 Å². The summed E-state index contributed by atoms with van der Waals surface area (Å²) >= 11 is 0. The zero-order valence-electron chi connectivity index (χ0n) is 10.6. The number of cyclic esters (lactones) is 1. The molecule has 4 N–H and O–H groups in total. The molecule has 0 amide bonds. The number of aliphatic hydroxyl groups is 4. The first-order chi connectivity index (χ1) is 9.89. The lowest BCUT2D eigenvalue weighted by molar-refractivity contribution is -0.241. The molecule has 1 aromatic rings. The van der Waals surface area contributed by atoms with Gasteiger partial charge in [-0.2, -0.15) is 0 Å². The van der Waals surface area contributed by atoms with Gasteiger partial charge < -0.3 is 29.9 Å². The molecule has 1 aliphatic heterocycles. The van der Waals surface area contributed by atoms with Gasteiger partial charge in [-0.15, -0.1) is 0 Å². The van der Waals surface area contributed by atoms with Crippen molar-refractivity contribution >= 4 is 11.9 Å². The third kappa shape index (κ3) is 2.67. The molecular formula is C13H12O8. The summed E-state index contributed by atoms with van der Waals surface area (Å²) in [7, 11) is 0. The number of benzene rings is 1. The van der Waals surface area contributed by atoms with E-state index in [-0.39, 0.29) is 5.56 Å². The Morgan fingerprint density at radius 1 is 1.29 bits per heavy atom. The van der Waals surface area contributed by atoms with Gasteiger partial charge in [-0.1, -0.05) is 18.2 Å². The second-order valence-corrected chi connectivity index (χ2v) is 4.28. The normalized spacial score (nSPS) is 20.9. The Kier molecular flexibility index (Phi) is 3.83. The number of aliphatic hydroxyl groups excluding tert-OH is 3. The van der Waals surface area contributed by atoms with Crippen LogP contribution in [-0.2, 0) is 14.3 Å². The van der Waals surface area contributed by atoms with Gasteiger partial charge in [0.15, 0.2) is 5.76 Å². The Morgan fingerprint density at radius 3 is 2.38 bits per heavy atom. The summed E-state index contributed by atoms with van der Waals surface area (Å²) in [6, 6.07) is 7.54. The molecule has 21 heavy (non-hydrogen) atoms. The number of esters is 2. The summed E-state index contributed by atoms with van der Waals surface area (Å²) in [5.41, 5.74) is 0.0707. The third-order valence-corrected chi connectivity index (χ3v) is 2.82. The number of carbonyl (C=O) groups excluding carboxylic acids is 2. The molecule has 0 spiro atoms. The van der Waals surface area contributed by atoms with Crippen LogP contribution in [0.5, 0.6) is 0 Å². The number of ether oxygens (including phenoxy) is 2. The monoisotopic (exact) mass is 296 g/mol. The molecule has 0 saturated heterocycles. The minimum absolute atomic E-state index is 0.0707. The molecule has 0 aliphatic carbocycles. The number of rotatable bonds is 4. The molecule has 1 heterocycles. The van der Waals surface area contributed by atoms with Gasteiger partial charge in [-0.05, 0) is 12.1 Å². The van der Waals surface area contributed by atoms with Gasteiger partial charge in [-0.25, -0.2) is 9.59 Å². The van der Waals surface area contributed by atoms with Crippen molar-refractivity contribution in [2.24, 2.45) is 0 Å². The lowest BCUT2D eigenvalue weighted by Crippen LogP contribution is -2.50. The molecule has 8 nitrogen and oxygen atoms in total. The maximum absolute atomic E-state index is 11.9. The Balaban J connectivity index is 2.23. The van der Waals surface area contributed by atoms with Gasteiger partial charge in [-0.3, -0.25) is 0 Å². The second kappa shape index (κ2) is 5.43. The van der Waals surface area contributed by atoms with E-state index in [4.69, 9.17) is 9.84 Å². The molecule has 0 radical (unpaired) electrons. The summed E-state index contributed by atoms with van der Waals surface area (Å²) in [5.74, 6) is -7.19. The van der Waals surface area contributed by atoms with Crippen molar-refractivity contribution in [2.75, 3.05) is 6.61 Å². The first-order valence-corrected chi connectivity index (χ1v) is 5.83. The van der Waals surface area contributed by atoms with Crippen molar-refractivity contribution < 1.29 is 39.5 Å². The lowest BCUT2D eigenvalue weighted by atomic mass is 10.1. The van der Waals surface area contributed by atoms with Gasteiger partial charge in [0.25, 0.3) is 5.79 Å². The molecule has 0 fully saturated rings. The van der Waals surface area contributed by atoms with E-state index in [2.05, 4.69) is 4.74 Å². The van der Waals surface area contributed by atoms with Crippen LogP contribution in [0.4, 0.5) is 0 Å². The SMILES string of the molecule is O=C1O[C@H]([C@@](O)(CO)OC(=O)c2ccccc2)C(O)=C1O. The smallest absolute Gasteiger partial charge is 0.378 e. The number of hydrogen-bond donors (Lipinski definition) is 4. The first kappa shape index (κ1) is 14.8. The van der Waals surface area contributed by atoms with Crippen LogP contribution in [0.3, 0.4) is 0 Å². The predicted octanol–water partition coefficient (Wildman–Crippen LogP) is -0.223. The minimum atomic E-state index is -2.73. The molecular weight excluding hydrogens is 284 g/mol. The zero-order valence-corrected chi connectivity index (χ0v) is 10.6. The van der Waals surface area contributed by atoms with Crippen LogP contribution in [0.25, 0.3) is 0 Å². The first-order valence-electron chi connectivity index (χ1n) is 5.83. The summed E-state index contributed by atoms with van der Waals surface area (Å²) in [5, 5.41) is 37.9. The average Bonchev–Trinajstić information content (AvgIpc) is 2.76. The second-order valence-electron chi connectivity index (χ2n) is 4.28. The maximum Gasteiger partial charge on any atom is 0.378 e. The molecule has 0 aromatic heterocycles. The molecule has 1 aromatic carbocycles. The highest BCUT2D eigenvalue weighted by Crippen LogP contribution is 2.29. The number of hydrogen-bond acceptors (Lipinski definition) is 8. The topological polar surface area (TPSA) is 134 Å². The summed E-state index contributed by atoms with van der Waals surface area (Å²) < 4.78 is 9.19. The maximum atomic E-state index is 11.9. The van der Waals surface area contributed by atoms with Crippen molar-refractivity contribution in [3.05, 3.63) is 47.4 Å². The molecule has 0 bridgehead atoms. The van der Waals surface area contributed by atoms with Crippen LogP contribution in [0, 0.1) is 0 Å². The highest BCUT2D eigenvalue weighted by molar-refractivity contribution is 5.90. The summed E-state index contributed by atoms with van der Waals surface area (Å²) in [6.07, 6.45) is -1.91. The van der Waals surface area contributed by atoms with Crippen molar-refractivity contribution in [3.8, 4) is 0 Å². The highest BCUT2D eigenvalue weighted by atomic mass is 16.7. The van der Waals surface area contributed by atoms with Crippen LogP contribution >= 0.6 is 0 Å². The van der Waals surface area contributed by atoms with Crippen LogP contribution in [-0.4, -0.2) is 50.9 Å². The van der Waals surface area contributed by atoms with E-state index in [0.717, 1.165) is 0 Å². The third-order valence-electron chi connectivity index (χ3n) is 2.82. The highest BCUT2D eigenvalue weighted by Gasteiger charge is 2.52. The van der Waals surface area contributed by atoms with Gasteiger partial charge in [0, 0.05) is 0 Å². The predicted molar refractivity (Wildman–Crippen MR) is 66.1 cm³/mol. The minimum Gasteiger partial charge on any atom is -0.505 e. The lowest BCUT2D eigenvalue weighted by Gasteiger charge is -2.29. The van der Waals surface area contributed by atoms with Crippen molar-refractivity contribution in [3.63, 3.8) is 0 Å². The molecule has 1 aliphatic rings. The van der Waals surface area contributed by atoms with Crippen LogP contribution in [0.2, 0.25) is 0 Å². The van der Waals surface area contributed by atoms with Crippen LogP contribution in [0.15, 0.2) is 41.9 Å². The van der Waals surface area contributed by atoms with Crippen molar-refractivity contribution in [1.82, 2.24) is 0 Å². The fraction of sp³-hybridized carbons (Fsp3) is 0.231. The average molecular weight is 296 g/mol. The summed E-state index contributed by atoms with van der Waals surface area (Å²) in [6.45, 7) is -1.17. The van der Waals surface area contributed by atoms with E-state index in [0.29, 0.717) is 0 Å². The van der Waals surface area contributed by atoms with E-state index in [9.17, 15) is 24.9 Å². The summed E-state index contributed by atoms with van der Waals surface area (Å²) in [4.78, 5) is 22.9. The largest absolute Gasteiger partial charge is 0.505 e. The molecule has 2 rings (SSSR count). The fourth-order valence-corrected chi connectivity index (χ4v) is 1.72. The van der Waals surface area contributed by atoms with E-state index in [1.54, 1.807) is 18.2 Å². The molecule has 8 heteroatoms. The van der Waals surface area contributed by atoms with E-state index in [1.165, 1.54) is 12.1 Å². The van der Waals surface area contributed by atoms with Crippen molar-refractivity contribution in [1.29, 1.82) is 0 Å². The molecule has 0 saturated carbocycles. The Hall–Kier alpha value is -2.58. The van der Waals surface area contributed by atoms with Crippen molar-refractivity contribution in [2.45, 2.75) is 11.9 Å². The Morgan fingerprint density at radius 2 is 1.90 bits per heavy atom. The van der Waals surface area contributed by atoms with Gasteiger partial charge in [0.2, 0.25) is 11.9 Å². The van der Waals surface area contributed by atoms with Crippen LogP contribution < -0.4 is 0 Å². The van der Waals surface area contributed by atoms with Gasteiger partial charge in [0.05, 0.1) is 5.56 Å². The van der Waals surface area contributed by atoms with Gasteiger partial charge in [0.1, 0.15) is 6.61 Å². The fourth-order valence-electron chi connectivity index (χ4n) is 1.72. The van der Waals surface area contributed by atoms with E-state index < -0.39 is 42.0 Å².